The Labute approximate surface area is 328 Å². The molecule has 310 valence electrons. The van der Waals surface area contributed by atoms with Gasteiger partial charge in [-0.15, -0.1) is 10.2 Å². The van der Waals surface area contributed by atoms with Crippen LogP contribution in [-0.2, 0) is 50.6 Å². The number of azo groups is 1. The molecule has 0 unspecified atom stereocenters. The van der Waals surface area contributed by atoms with Crippen LogP contribution in [-0.4, -0.2) is 79.9 Å². The maximum Gasteiger partial charge on any atom is 0.313 e. The predicted octanol–water partition coefficient (Wildman–Crippen LogP) is 3.68. The van der Waals surface area contributed by atoms with E-state index in [1.54, 1.807) is 0 Å². The van der Waals surface area contributed by atoms with Gasteiger partial charge in [0, 0.05) is 5.69 Å². The Morgan fingerprint density at radius 2 is 1.24 bits per heavy atom. The molecule has 32 heteroatoms. The molecule has 58 heavy (non-hydrogen) atoms. The van der Waals surface area contributed by atoms with Crippen molar-refractivity contribution in [2.45, 2.75) is 24.5 Å². The minimum absolute atomic E-state index is 0.317. The highest BCUT2D eigenvalue weighted by Gasteiger charge is 2.29. The highest BCUT2D eigenvalue weighted by Crippen LogP contribution is 2.48. The van der Waals surface area contributed by atoms with Crippen molar-refractivity contribution in [3.63, 3.8) is 0 Å². The number of nitrogens with two attached hydrogens (primary N) is 1. The highest BCUT2D eigenvalue weighted by atomic mass is 35.5. The summed E-state index contributed by atoms with van der Waals surface area (Å²) in [5.74, 6) is -3.60. The molecular weight excluding hydrogens is 914 g/mol. The van der Waals surface area contributed by atoms with Gasteiger partial charge in [-0.25, -0.2) is 0 Å². The number of phenols is 1. The van der Waals surface area contributed by atoms with Gasteiger partial charge in [-0.3, -0.25) is 33.6 Å². The first-order chi connectivity index (χ1) is 26.5. The molecule has 0 aliphatic rings. The Bertz CT molecular complexity index is 3200. The van der Waals surface area contributed by atoms with Crippen LogP contribution in [0.3, 0.4) is 0 Å². The zero-order chi connectivity index (χ0) is 43.5. The van der Waals surface area contributed by atoms with Crippen molar-refractivity contribution in [3.8, 4) is 5.75 Å². The second-order valence-electron chi connectivity index (χ2n) is 11.1. The number of hydrogen-bond acceptors (Lipinski definition) is 19. The lowest BCUT2D eigenvalue weighted by Crippen LogP contribution is -2.17. The molecule has 0 radical (unpaired) electrons. The summed E-state index contributed by atoms with van der Waals surface area (Å²) in [6.07, 6.45) is -1.59. The van der Waals surface area contributed by atoms with Gasteiger partial charge in [0.1, 0.15) is 36.0 Å². The van der Waals surface area contributed by atoms with Gasteiger partial charge in [-0.05, 0) is 53.9 Å². The van der Waals surface area contributed by atoms with Crippen LogP contribution in [0.5, 0.6) is 5.75 Å². The predicted molar refractivity (Wildman–Crippen MR) is 194 cm³/mol. The molecule has 0 amide bonds. The molecule has 24 nitrogen and oxygen atoms in total. The van der Waals surface area contributed by atoms with E-state index in [2.05, 4.69) is 25.5 Å². The Kier molecular flexibility index (Phi) is 11.3. The smallest absolute Gasteiger partial charge is 0.313 e. The van der Waals surface area contributed by atoms with Crippen molar-refractivity contribution in [1.82, 2.24) is 9.97 Å². The standard InChI is InChI=1S/C26H19ClF2N8O16S5/c27-19-24(28)32-26(29)33-25(19)31-10-1-3-14(55(42,43)44)12(7-10)34-37-22-17(58(51,52)53)6-9-5-16(57(48,49)50)21(20(30)18(9)23(22)38)36-35-13-8-11(54(39,40)41)2-4-15(13)56(45,46)47/h1-8,35-36,38H,30H2,(H,31,32,33)(H,39,40,41)(H,42,43,44)(H,45,46,47)(H,48,49,50)(H,51,52,53). The molecule has 1 heterocycles. The van der Waals surface area contributed by atoms with Gasteiger partial charge >= 0.3 is 6.08 Å². The van der Waals surface area contributed by atoms with Crippen molar-refractivity contribution >= 4 is 113 Å². The number of aromatic nitrogens is 2. The number of phenolic OH excluding ortho intramolecular Hbond substituents is 1. The minimum Gasteiger partial charge on any atom is -0.505 e. The topological polar surface area (TPSA) is 405 Å². The summed E-state index contributed by atoms with van der Waals surface area (Å²) in [7, 11) is -26.4. The van der Waals surface area contributed by atoms with Crippen LogP contribution < -0.4 is 21.9 Å². The van der Waals surface area contributed by atoms with Crippen molar-refractivity contribution < 1.29 is 78.7 Å². The molecule has 5 aromatic rings. The van der Waals surface area contributed by atoms with E-state index in [-0.39, 0.29) is 5.69 Å². The van der Waals surface area contributed by atoms with E-state index in [1.165, 1.54) is 0 Å². The van der Waals surface area contributed by atoms with E-state index in [0.29, 0.717) is 36.4 Å². The van der Waals surface area contributed by atoms with E-state index in [4.69, 9.17) is 17.3 Å². The van der Waals surface area contributed by atoms with E-state index < -0.39 is 143 Å². The third-order valence-electron chi connectivity index (χ3n) is 7.29. The molecule has 5 rings (SSSR count). The van der Waals surface area contributed by atoms with Crippen LogP contribution in [0.15, 0.2) is 83.2 Å². The number of halogens is 3. The van der Waals surface area contributed by atoms with E-state index >= 15 is 0 Å². The number of anilines is 5. The van der Waals surface area contributed by atoms with Gasteiger partial charge in [0.2, 0.25) is 5.95 Å². The molecule has 0 spiro atoms. The highest BCUT2D eigenvalue weighted by molar-refractivity contribution is 7.87. The normalized spacial score (nSPS) is 12.9. The number of fused-ring (bicyclic) bond motifs is 1. The zero-order valence-corrected chi connectivity index (χ0v) is 32.3. The third-order valence-corrected chi connectivity index (χ3v) is 12.0. The number of hydrazine groups is 1. The fourth-order valence-corrected chi connectivity index (χ4v) is 8.10. The van der Waals surface area contributed by atoms with Crippen LogP contribution in [0, 0.1) is 12.0 Å². The summed E-state index contributed by atoms with van der Waals surface area (Å²) in [4.78, 5) is 0.275. The monoisotopic (exact) mass is 932 g/mol. The molecular formula is C26H19ClF2N8O16S5. The fourth-order valence-electron chi connectivity index (χ4n) is 4.88. The van der Waals surface area contributed by atoms with Gasteiger partial charge in [0.25, 0.3) is 50.6 Å². The first kappa shape index (κ1) is 43.6. The largest absolute Gasteiger partial charge is 0.505 e. The second-order valence-corrected chi connectivity index (χ2v) is 18.4. The molecule has 0 saturated heterocycles. The van der Waals surface area contributed by atoms with Crippen molar-refractivity contribution in [1.29, 1.82) is 0 Å². The van der Waals surface area contributed by atoms with Gasteiger partial charge in [0.05, 0.1) is 27.3 Å². The van der Waals surface area contributed by atoms with Crippen molar-refractivity contribution in [2.75, 3.05) is 21.9 Å². The Balaban J connectivity index is 1.73. The average molecular weight is 933 g/mol. The summed E-state index contributed by atoms with van der Waals surface area (Å²) in [5, 5.41) is 18.3. The zero-order valence-electron chi connectivity index (χ0n) is 27.4. The maximum absolute atomic E-state index is 13.9. The summed E-state index contributed by atoms with van der Waals surface area (Å²) >= 11 is 5.74. The summed E-state index contributed by atoms with van der Waals surface area (Å²) in [6.45, 7) is 0. The number of rotatable bonds is 12. The third kappa shape index (κ3) is 9.12. The molecule has 4 aromatic carbocycles. The van der Waals surface area contributed by atoms with Crippen LogP contribution in [0.2, 0.25) is 5.02 Å². The van der Waals surface area contributed by atoms with Crippen molar-refractivity contribution in [3.05, 3.63) is 65.6 Å². The molecule has 0 fully saturated rings. The molecule has 0 saturated carbocycles. The van der Waals surface area contributed by atoms with Gasteiger partial charge in [-0.2, -0.15) is 60.8 Å². The number of nitrogen functional groups attached to an aromatic ring is 1. The SMILES string of the molecule is Nc1c(NNc2cc(S(=O)(=O)O)ccc2S(=O)(=O)O)c(S(=O)(=O)O)cc2cc(S(=O)(=O)O)c(N=Nc3cc(Nc4nc(F)nc(F)c4Cl)ccc3S(=O)(=O)O)c(O)c12. The number of hydrogen-bond donors (Lipinski definition) is 10. The van der Waals surface area contributed by atoms with Crippen LogP contribution in [0.25, 0.3) is 10.8 Å². The summed E-state index contributed by atoms with van der Waals surface area (Å²) in [6, 6.07) is 4.68. The molecule has 0 bridgehead atoms. The van der Waals surface area contributed by atoms with Gasteiger partial charge < -0.3 is 16.2 Å². The first-order valence-electron chi connectivity index (χ1n) is 14.4. The maximum atomic E-state index is 13.9. The van der Waals surface area contributed by atoms with Crippen LogP contribution >= 0.6 is 11.6 Å². The summed E-state index contributed by atoms with van der Waals surface area (Å²) in [5.41, 5.74) is 4.81. The molecule has 0 atom stereocenters. The second kappa shape index (κ2) is 15.0. The van der Waals surface area contributed by atoms with E-state index in [9.17, 15) is 78.7 Å². The van der Waals surface area contributed by atoms with Gasteiger partial charge in [-0.1, -0.05) is 11.6 Å². The Morgan fingerprint density at radius 1 is 0.672 bits per heavy atom. The summed E-state index contributed by atoms with van der Waals surface area (Å²) < 4.78 is 198. The average Bonchev–Trinajstić information content (AvgIpc) is 3.07. The van der Waals surface area contributed by atoms with Crippen LogP contribution in [0.1, 0.15) is 0 Å². The van der Waals surface area contributed by atoms with E-state index in [1.807, 2.05) is 10.9 Å². The number of nitrogens with one attached hydrogen (secondary N) is 3. The lowest BCUT2D eigenvalue weighted by molar-refractivity contribution is 0.472. The molecule has 0 aliphatic carbocycles. The van der Waals surface area contributed by atoms with Crippen molar-refractivity contribution in [2.24, 2.45) is 10.2 Å². The minimum atomic E-state index is -5.53. The van der Waals surface area contributed by atoms with E-state index in [0.717, 1.165) is 12.1 Å². The Morgan fingerprint density at radius 3 is 1.81 bits per heavy atom. The quantitative estimate of drug-likeness (QED) is 0.0213. The molecule has 1 aromatic heterocycles. The molecule has 11 N–H and O–H groups in total. The van der Waals surface area contributed by atoms with Crippen LogP contribution in [0.4, 0.5) is 48.7 Å². The fraction of sp³-hybridized carbons (Fsp3) is 0. The first-order valence-corrected chi connectivity index (χ1v) is 21.9. The number of benzene rings is 4. The Hall–Kier alpha value is -5.48. The lowest BCUT2D eigenvalue weighted by atomic mass is 10.0. The van der Waals surface area contributed by atoms with Gasteiger partial charge in [0.15, 0.2) is 11.6 Å². The molecule has 0 aliphatic heterocycles. The number of nitrogens with zero attached hydrogens (tertiary/aromatic N) is 4. The lowest BCUT2D eigenvalue weighted by Gasteiger charge is -2.19. The number of aromatic hydroxyl groups is 1.